The number of sulfonamides is 1. The molecule has 7 heteroatoms. The van der Waals surface area contributed by atoms with Gasteiger partial charge in [0.05, 0.1) is 6.26 Å². The molecule has 1 amide bonds. The van der Waals surface area contributed by atoms with Crippen molar-refractivity contribution in [2.24, 2.45) is 0 Å². The minimum Gasteiger partial charge on any atom is -0.480 e. The van der Waals surface area contributed by atoms with Crippen LogP contribution in [0.25, 0.3) is 10.8 Å². The molecule has 0 saturated carbocycles. The van der Waals surface area contributed by atoms with E-state index in [0.717, 1.165) is 22.6 Å². The van der Waals surface area contributed by atoms with Gasteiger partial charge in [0.25, 0.3) is 5.91 Å². The monoisotopic (exact) mass is 398 g/mol. The molecule has 3 aromatic carbocycles. The van der Waals surface area contributed by atoms with Gasteiger partial charge in [-0.3, -0.25) is 4.79 Å². The molecule has 0 aromatic heterocycles. The molecule has 28 heavy (non-hydrogen) atoms. The zero-order chi connectivity index (χ0) is 20.1. The number of hydrogen-bond donors (Lipinski definition) is 2. The van der Waals surface area contributed by atoms with E-state index in [1.165, 1.54) is 0 Å². The van der Waals surface area contributed by atoms with Crippen molar-refractivity contribution in [1.29, 1.82) is 0 Å². The van der Waals surface area contributed by atoms with Crippen LogP contribution in [-0.2, 0) is 21.4 Å². The van der Waals surface area contributed by atoms with Crippen LogP contribution in [0.1, 0.15) is 12.5 Å². The van der Waals surface area contributed by atoms with Crippen LogP contribution in [0, 0.1) is 0 Å². The second kappa shape index (κ2) is 8.41. The molecule has 1 atom stereocenters. The first-order valence-corrected chi connectivity index (χ1v) is 10.7. The average molecular weight is 398 g/mol. The molecule has 6 nitrogen and oxygen atoms in total. The number of amides is 1. The molecule has 3 rings (SSSR count). The van der Waals surface area contributed by atoms with Crippen molar-refractivity contribution in [3.8, 4) is 5.75 Å². The summed E-state index contributed by atoms with van der Waals surface area (Å²) in [7, 11) is -3.24. The fourth-order valence-electron chi connectivity index (χ4n) is 2.71. The van der Waals surface area contributed by atoms with Gasteiger partial charge in [-0.15, -0.1) is 0 Å². The number of carbonyl (C=O) groups excluding carboxylic acids is 1. The van der Waals surface area contributed by atoms with Crippen LogP contribution < -0.4 is 14.8 Å². The second-order valence-electron chi connectivity index (χ2n) is 6.52. The van der Waals surface area contributed by atoms with Crippen molar-refractivity contribution in [3.63, 3.8) is 0 Å². The number of ether oxygens (including phenoxy) is 1. The van der Waals surface area contributed by atoms with Crippen molar-refractivity contribution in [2.45, 2.75) is 19.6 Å². The summed E-state index contributed by atoms with van der Waals surface area (Å²) < 4.78 is 30.6. The van der Waals surface area contributed by atoms with Crippen molar-refractivity contribution in [3.05, 3.63) is 72.3 Å². The Morgan fingerprint density at radius 1 is 1.00 bits per heavy atom. The molecular weight excluding hydrogens is 376 g/mol. The molecule has 3 aromatic rings. The van der Waals surface area contributed by atoms with Gasteiger partial charge in [0.1, 0.15) is 5.75 Å². The maximum atomic E-state index is 12.5. The highest BCUT2D eigenvalue weighted by Crippen LogP contribution is 2.26. The van der Waals surface area contributed by atoms with E-state index < -0.39 is 16.1 Å². The van der Waals surface area contributed by atoms with E-state index in [0.29, 0.717) is 11.4 Å². The summed E-state index contributed by atoms with van der Waals surface area (Å²) in [6.45, 7) is 1.90. The maximum Gasteiger partial charge on any atom is 0.265 e. The Labute approximate surface area is 164 Å². The van der Waals surface area contributed by atoms with Crippen LogP contribution in [0.4, 0.5) is 5.69 Å². The summed E-state index contributed by atoms with van der Waals surface area (Å²) in [5.41, 5.74) is 1.41. The van der Waals surface area contributed by atoms with Gasteiger partial charge in [-0.05, 0) is 36.1 Å². The summed E-state index contributed by atoms with van der Waals surface area (Å²) in [6.07, 6.45) is 0.427. The molecule has 146 valence electrons. The Kier molecular flexibility index (Phi) is 5.96. The topological polar surface area (TPSA) is 84.5 Å². The van der Waals surface area contributed by atoms with E-state index in [1.807, 2.05) is 42.5 Å². The standard InChI is InChI=1S/C21H22N2O4S/c1-15(27-20-9-5-7-17-6-3-4-8-19(17)20)21(24)23-18-12-10-16(11-13-18)14-22-28(2,25)26/h3-13,15,22H,14H2,1-2H3,(H,23,24)/t15-/m1/s1. The predicted octanol–water partition coefficient (Wildman–Crippen LogP) is 3.30. The van der Waals surface area contributed by atoms with Crippen LogP contribution in [0.2, 0.25) is 0 Å². The average Bonchev–Trinajstić information content (AvgIpc) is 2.67. The van der Waals surface area contributed by atoms with E-state index in [4.69, 9.17) is 4.74 Å². The molecule has 0 radical (unpaired) electrons. The Balaban J connectivity index is 1.62. The Morgan fingerprint density at radius 2 is 1.68 bits per heavy atom. The van der Waals surface area contributed by atoms with Gasteiger partial charge in [-0.2, -0.15) is 0 Å². The summed E-state index contributed by atoms with van der Waals surface area (Å²) in [5.74, 6) is 0.387. The van der Waals surface area contributed by atoms with Gasteiger partial charge < -0.3 is 10.1 Å². The van der Waals surface area contributed by atoms with Gasteiger partial charge >= 0.3 is 0 Å². The second-order valence-corrected chi connectivity index (χ2v) is 8.35. The third kappa shape index (κ3) is 5.31. The van der Waals surface area contributed by atoms with Gasteiger partial charge in [0.2, 0.25) is 10.0 Å². The lowest BCUT2D eigenvalue weighted by molar-refractivity contribution is -0.122. The number of hydrogen-bond acceptors (Lipinski definition) is 4. The van der Waals surface area contributed by atoms with Crippen LogP contribution in [-0.4, -0.2) is 26.7 Å². The highest BCUT2D eigenvalue weighted by atomic mass is 32.2. The Bertz CT molecular complexity index is 1070. The largest absolute Gasteiger partial charge is 0.480 e. The van der Waals surface area contributed by atoms with E-state index >= 15 is 0 Å². The Morgan fingerprint density at radius 3 is 2.39 bits per heavy atom. The molecular formula is C21H22N2O4S. The van der Waals surface area contributed by atoms with Crippen molar-refractivity contribution >= 4 is 32.4 Å². The number of rotatable bonds is 7. The molecule has 2 N–H and O–H groups in total. The summed E-state index contributed by atoms with van der Waals surface area (Å²) in [5, 5.41) is 4.81. The van der Waals surface area contributed by atoms with Crippen molar-refractivity contribution in [2.75, 3.05) is 11.6 Å². The first-order chi connectivity index (χ1) is 13.3. The lowest BCUT2D eigenvalue weighted by Gasteiger charge is -2.16. The van der Waals surface area contributed by atoms with Gasteiger partial charge in [0.15, 0.2) is 6.10 Å². The predicted molar refractivity (Wildman–Crippen MR) is 111 cm³/mol. The molecule has 0 saturated heterocycles. The molecule has 0 heterocycles. The molecule has 0 aliphatic rings. The molecule has 0 spiro atoms. The van der Waals surface area contributed by atoms with Crippen LogP contribution in [0.5, 0.6) is 5.75 Å². The fourth-order valence-corrected chi connectivity index (χ4v) is 3.14. The summed E-state index contributed by atoms with van der Waals surface area (Å²) >= 11 is 0. The Hall–Kier alpha value is -2.90. The minimum absolute atomic E-state index is 0.202. The van der Waals surface area contributed by atoms with Gasteiger partial charge in [0, 0.05) is 17.6 Å². The number of fused-ring (bicyclic) bond motifs is 1. The molecule has 0 unspecified atom stereocenters. The first-order valence-electron chi connectivity index (χ1n) is 8.81. The first kappa shape index (κ1) is 19.9. The summed E-state index contributed by atoms with van der Waals surface area (Å²) in [4.78, 5) is 12.5. The van der Waals surface area contributed by atoms with Gasteiger partial charge in [-0.25, -0.2) is 13.1 Å². The normalized spacial score (nSPS) is 12.5. The fraction of sp³-hybridized carbons (Fsp3) is 0.190. The van der Waals surface area contributed by atoms with Crippen LogP contribution >= 0.6 is 0 Å². The van der Waals surface area contributed by atoms with Crippen LogP contribution in [0.3, 0.4) is 0 Å². The maximum absolute atomic E-state index is 12.5. The van der Waals surface area contributed by atoms with E-state index in [9.17, 15) is 13.2 Å². The highest BCUT2D eigenvalue weighted by molar-refractivity contribution is 7.88. The SMILES string of the molecule is C[C@@H](Oc1cccc2ccccc12)C(=O)Nc1ccc(CNS(C)(=O)=O)cc1. The smallest absolute Gasteiger partial charge is 0.265 e. The lowest BCUT2D eigenvalue weighted by Crippen LogP contribution is -2.30. The molecule has 0 fully saturated rings. The van der Waals surface area contributed by atoms with E-state index in [2.05, 4.69) is 10.0 Å². The lowest BCUT2D eigenvalue weighted by atomic mass is 10.1. The number of anilines is 1. The van der Waals surface area contributed by atoms with Gasteiger partial charge in [-0.1, -0.05) is 48.5 Å². The van der Waals surface area contributed by atoms with E-state index in [-0.39, 0.29) is 12.5 Å². The summed E-state index contributed by atoms with van der Waals surface area (Å²) in [6, 6.07) is 20.5. The number of carbonyl (C=O) groups is 1. The minimum atomic E-state index is -3.24. The quantitative estimate of drug-likeness (QED) is 0.640. The highest BCUT2D eigenvalue weighted by Gasteiger charge is 2.16. The van der Waals surface area contributed by atoms with Crippen LogP contribution in [0.15, 0.2) is 66.7 Å². The number of benzene rings is 3. The molecule has 0 aliphatic carbocycles. The molecule has 0 bridgehead atoms. The van der Waals surface area contributed by atoms with Crippen molar-refractivity contribution in [1.82, 2.24) is 4.72 Å². The van der Waals surface area contributed by atoms with E-state index in [1.54, 1.807) is 31.2 Å². The van der Waals surface area contributed by atoms with Crippen molar-refractivity contribution < 1.29 is 17.9 Å². The third-order valence-electron chi connectivity index (χ3n) is 4.18. The zero-order valence-corrected chi connectivity index (χ0v) is 16.5. The number of nitrogens with one attached hydrogen (secondary N) is 2. The third-order valence-corrected chi connectivity index (χ3v) is 4.85. The molecule has 0 aliphatic heterocycles. The zero-order valence-electron chi connectivity index (χ0n) is 15.7.